The molecule has 0 N–H and O–H groups in total. The number of anilines is 1. The van der Waals surface area contributed by atoms with Crippen LogP contribution >= 0.6 is 0 Å². The summed E-state index contributed by atoms with van der Waals surface area (Å²) < 4.78 is 0. The fourth-order valence-corrected chi connectivity index (χ4v) is 4.50. The Morgan fingerprint density at radius 2 is 2.00 bits per heavy atom. The van der Waals surface area contributed by atoms with Gasteiger partial charge in [-0.25, -0.2) is 4.98 Å². The van der Waals surface area contributed by atoms with Gasteiger partial charge < -0.3 is 9.80 Å². The second kappa shape index (κ2) is 6.57. The normalized spacial score (nSPS) is 22.6. The molecule has 0 aromatic carbocycles. The zero-order valence-corrected chi connectivity index (χ0v) is 15.9. The lowest BCUT2D eigenvalue weighted by atomic mass is 9.72. The van der Waals surface area contributed by atoms with Crippen molar-refractivity contribution in [2.24, 2.45) is 11.3 Å². The predicted molar refractivity (Wildman–Crippen MR) is 101 cm³/mol. The molecule has 138 valence electrons. The van der Waals surface area contributed by atoms with Crippen LogP contribution in [0.4, 0.5) is 5.82 Å². The van der Waals surface area contributed by atoms with Crippen molar-refractivity contribution in [1.29, 1.82) is 5.26 Å². The molecule has 4 rings (SSSR count). The van der Waals surface area contributed by atoms with Crippen molar-refractivity contribution in [3.63, 3.8) is 0 Å². The number of aryl methyl sites for hydroxylation is 2. The smallest absolute Gasteiger partial charge is 0.222 e. The minimum atomic E-state index is 0.270. The van der Waals surface area contributed by atoms with Crippen LogP contribution in [0.25, 0.3) is 0 Å². The number of pyridine rings is 1. The first-order valence-corrected chi connectivity index (χ1v) is 9.91. The topological polar surface area (TPSA) is 60.2 Å². The van der Waals surface area contributed by atoms with Crippen molar-refractivity contribution in [3.8, 4) is 6.07 Å². The first kappa shape index (κ1) is 17.3. The first-order valence-electron chi connectivity index (χ1n) is 9.91. The van der Waals surface area contributed by atoms with E-state index in [-0.39, 0.29) is 5.41 Å². The van der Waals surface area contributed by atoms with Gasteiger partial charge in [-0.2, -0.15) is 5.26 Å². The van der Waals surface area contributed by atoms with E-state index in [1.807, 2.05) is 19.9 Å². The van der Waals surface area contributed by atoms with Gasteiger partial charge in [0, 0.05) is 38.3 Å². The second-order valence-electron chi connectivity index (χ2n) is 8.58. The van der Waals surface area contributed by atoms with Crippen molar-refractivity contribution in [2.75, 3.05) is 31.1 Å². The van der Waals surface area contributed by atoms with Gasteiger partial charge in [0.1, 0.15) is 11.9 Å². The highest BCUT2D eigenvalue weighted by Crippen LogP contribution is 2.42. The largest absolute Gasteiger partial charge is 0.355 e. The fraction of sp³-hybridized carbons (Fsp3) is 0.667. The summed E-state index contributed by atoms with van der Waals surface area (Å²) in [5.74, 6) is 1.95. The number of nitrogens with zero attached hydrogens (tertiary/aromatic N) is 4. The molecule has 0 bridgehead atoms. The van der Waals surface area contributed by atoms with Gasteiger partial charge in [0.05, 0.1) is 5.56 Å². The van der Waals surface area contributed by atoms with Crippen LogP contribution < -0.4 is 4.90 Å². The molecular weight excluding hydrogens is 324 g/mol. The summed E-state index contributed by atoms with van der Waals surface area (Å²) in [4.78, 5) is 21.4. The van der Waals surface area contributed by atoms with Crippen molar-refractivity contribution in [1.82, 2.24) is 9.88 Å². The highest BCUT2D eigenvalue weighted by molar-refractivity contribution is 5.77. The van der Waals surface area contributed by atoms with Gasteiger partial charge in [0.2, 0.25) is 5.91 Å². The Morgan fingerprint density at radius 1 is 1.27 bits per heavy atom. The van der Waals surface area contributed by atoms with E-state index in [9.17, 15) is 10.1 Å². The molecule has 1 spiro atoms. The Balaban J connectivity index is 1.46. The zero-order valence-electron chi connectivity index (χ0n) is 15.9. The van der Waals surface area contributed by atoms with Gasteiger partial charge in [-0.1, -0.05) is 0 Å². The van der Waals surface area contributed by atoms with Crippen LogP contribution in [0.5, 0.6) is 0 Å². The quantitative estimate of drug-likeness (QED) is 0.838. The van der Waals surface area contributed by atoms with Crippen LogP contribution in [-0.4, -0.2) is 42.0 Å². The van der Waals surface area contributed by atoms with Gasteiger partial charge in [-0.05, 0) is 68.9 Å². The average molecular weight is 352 g/mol. The lowest BCUT2D eigenvalue weighted by Gasteiger charge is -2.48. The number of rotatable bonds is 3. The summed E-state index contributed by atoms with van der Waals surface area (Å²) in [6, 6.07) is 4.27. The minimum absolute atomic E-state index is 0.270. The zero-order chi connectivity index (χ0) is 18.3. The lowest BCUT2D eigenvalue weighted by Crippen LogP contribution is -2.52. The molecule has 2 aliphatic heterocycles. The van der Waals surface area contributed by atoms with Crippen molar-refractivity contribution in [3.05, 3.63) is 22.9 Å². The summed E-state index contributed by atoms with van der Waals surface area (Å²) in [6.45, 7) is 7.77. The third-order valence-corrected chi connectivity index (χ3v) is 6.61. The van der Waals surface area contributed by atoms with E-state index in [0.717, 1.165) is 68.4 Å². The van der Waals surface area contributed by atoms with Crippen LogP contribution in [0, 0.1) is 36.5 Å². The molecule has 0 atom stereocenters. The third-order valence-electron chi connectivity index (χ3n) is 6.61. The lowest BCUT2D eigenvalue weighted by molar-refractivity contribution is -0.138. The van der Waals surface area contributed by atoms with Crippen molar-refractivity contribution < 1.29 is 4.79 Å². The molecule has 2 saturated heterocycles. The molecule has 1 amide bonds. The van der Waals surface area contributed by atoms with E-state index >= 15 is 0 Å². The highest BCUT2D eigenvalue weighted by atomic mass is 16.2. The van der Waals surface area contributed by atoms with Crippen LogP contribution in [0.2, 0.25) is 0 Å². The SMILES string of the molecule is Cc1cc(C#N)c(N2CCC3(CCC(=O)N(CC4CC4)C3)CC2)nc1C. The van der Waals surface area contributed by atoms with Gasteiger partial charge in [-0.3, -0.25) is 4.79 Å². The van der Waals surface area contributed by atoms with E-state index in [2.05, 4.69) is 15.9 Å². The second-order valence-corrected chi connectivity index (χ2v) is 8.58. The first-order chi connectivity index (χ1) is 12.5. The molecule has 5 nitrogen and oxygen atoms in total. The van der Waals surface area contributed by atoms with E-state index in [0.29, 0.717) is 17.9 Å². The van der Waals surface area contributed by atoms with Gasteiger partial charge in [0.25, 0.3) is 0 Å². The summed E-state index contributed by atoms with van der Waals surface area (Å²) in [5.41, 5.74) is 3.02. The van der Waals surface area contributed by atoms with E-state index in [1.165, 1.54) is 12.8 Å². The minimum Gasteiger partial charge on any atom is -0.355 e. The molecule has 3 fully saturated rings. The average Bonchev–Trinajstić information content (AvgIpc) is 3.45. The Labute approximate surface area is 156 Å². The predicted octanol–water partition coefficient (Wildman–Crippen LogP) is 3.19. The van der Waals surface area contributed by atoms with Crippen LogP contribution in [0.15, 0.2) is 6.07 Å². The van der Waals surface area contributed by atoms with Gasteiger partial charge >= 0.3 is 0 Å². The Kier molecular flexibility index (Phi) is 4.38. The number of amides is 1. The Hall–Kier alpha value is -2.09. The number of nitriles is 1. The number of hydrogen-bond acceptors (Lipinski definition) is 4. The van der Waals surface area contributed by atoms with Gasteiger partial charge in [-0.15, -0.1) is 0 Å². The standard InChI is InChI=1S/C21H28N4O/c1-15-11-18(12-22)20(23-16(15)2)24-9-7-21(8-10-24)6-5-19(26)25(14-21)13-17-3-4-17/h11,17H,3-10,13-14H2,1-2H3. The molecule has 0 unspecified atom stereocenters. The van der Waals surface area contributed by atoms with E-state index in [4.69, 9.17) is 4.98 Å². The number of carbonyl (C=O) groups excluding carboxylic acids is 1. The van der Waals surface area contributed by atoms with Crippen molar-refractivity contribution >= 4 is 11.7 Å². The molecule has 0 radical (unpaired) electrons. The summed E-state index contributed by atoms with van der Waals surface area (Å²) >= 11 is 0. The summed E-state index contributed by atoms with van der Waals surface area (Å²) in [6.07, 6.45) is 6.48. The monoisotopic (exact) mass is 352 g/mol. The Morgan fingerprint density at radius 3 is 2.65 bits per heavy atom. The fourth-order valence-electron chi connectivity index (χ4n) is 4.50. The van der Waals surface area contributed by atoms with Crippen LogP contribution in [-0.2, 0) is 4.79 Å². The molecule has 1 aromatic rings. The molecule has 1 saturated carbocycles. The molecule has 5 heteroatoms. The summed E-state index contributed by atoms with van der Waals surface area (Å²) in [7, 11) is 0. The number of aromatic nitrogens is 1. The maximum atomic E-state index is 12.3. The number of likely N-dealkylation sites (tertiary alicyclic amines) is 1. The number of hydrogen-bond donors (Lipinski definition) is 0. The van der Waals surface area contributed by atoms with Crippen LogP contribution in [0.3, 0.4) is 0 Å². The molecule has 1 aromatic heterocycles. The molecule has 3 heterocycles. The van der Waals surface area contributed by atoms with Crippen molar-refractivity contribution in [2.45, 2.75) is 52.4 Å². The maximum absolute atomic E-state index is 12.3. The summed E-state index contributed by atoms with van der Waals surface area (Å²) in [5, 5.41) is 9.50. The number of piperidine rings is 2. The van der Waals surface area contributed by atoms with E-state index in [1.54, 1.807) is 0 Å². The third kappa shape index (κ3) is 3.30. The molecular formula is C21H28N4O. The molecule has 3 aliphatic rings. The van der Waals surface area contributed by atoms with Crippen LogP contribution in [0.1, 0.15) is 55.3 Å². The molecule has 1 aliphatic carbocycles. The highest BCUT2D eigenvalue weighted by Gasteiger charge is 2.42. The molecule has 26 heavy (non-hydrogen) atoms. The van der Waals surface area contributed by atoms with Gasteiger partial charge in [0.15, 0.2) is 0 Å². The number of carbonyl (C=O) groups is 1. The maximum Gasteiger partial charge on any atom is 0.222 e. The van der Waals surface area contributed by atoms with E-state index < -0.39 is 0 Å². The Bertz CT molecular complexity index is 754.